The van der Waals surface area contributed by atoms with Gasteiger partial charge in [0.25, 0.3) is 11.7 Å². The zero-order valence-corrected chi connectivity index (χ0v) is 16.6. The molecule has 0 N–H and O–H groups in total. The highest BCUT2D eigenvalue weighted by Crippen LogP contribution is 2.21. The lowest BCUT2D eigenvalue weighted by Crippen LogP contribution is -2.43. The lowest BCUT2D eigenvalue weighted by Gasteiger charge is -2.34. The fourth-order valence-corrected chi connectivity index (χ4v) is 3.85. The van der Waals surface area contributed by atoms with Crippen molar-refractivity contribution in [2.24, 2.45) is 5.92 Å². The third-order valence-electron chi connectivity index (χ3n) is 5.31. The van der Waals surface area contributed by atoms with Crippen molar-refractivity contribution < 1.29 is 18.7 Å². The number of para-hydroxylation sites is 1. The van der Waals surface area contributed by atoms with E-state index in [2.05, 4.69) is 11.0 Å². The topological polar surface area (TPSA) is 63.0 Å². The van der Waals surface area contributed by atoms with Gasteiger partial charge in [0.15, 0.2) is 5.76 Å². The highest BCUT2D eigenvalue weighted by atomic mass is 16.5. The SMILES string of the molecule is COc1ccccc1CCN1CCCC(CN(C)C(=O)C(=O)c2ccco2)C1. The molecule has 3 rings (SSSR count). The summed E-state index contributed by atoms with van der Waals surface area (Å²) in [6.45, 7) is 3.53. The maximum atomic E-state index is 12.4. The molecule has 0 bridgehead atoms. The first kappa shape index (κ1) is 20.1. The highest BCUT2D eigenvalue weighted by Gasteiger charge is 2.27. The Morgan fingerprint density at radius 3 is 2.82 bits per heavy atom. The number of carbonyl (C=O) groups excluding carboxylic acids is 2. The maximum absolute atomic E-state index is 12.4. The van der Waals surface area contributed by atoms with Crippen molar-refractivity contribution in [2.75, 3.05) is 40.3 Å². The number of benzene rings is 1. The Kier molecular flexibility index (Phi) is 6.87. The lowest BCUT2D eigenvalue weighted by molar-refractivity contribution is -0.126. The van der Waals surface area contributed by atoms with Gasteiger partial charge in [0, 0.05) is 26.7 Å². The Labute approximate surface area is 166 Å². The van der Waals surface area contributed by atoms with Crippen LogP contribution in [-0.2, 0) is 11.2 Å². The van der Waals surface area contributed by atoms with Crippen LogP contribution in [0.2, 0.25) is 0 Å². The first-order chi connectivity index (χ1) is 13.6. The van der Waals surface area contributed by atoms with Crippen LogP contribution in [0, 0.1) is 5.92 Å². The molecule has 1 saturated heterocycles. The van der Waals surface area contributed by atoms with E-state index in [0.717, 1.165) is 44.6 Å². The summed E-state index contributed by atoms with van der Waals surface area (Å²) in [5.41, 5.74) is 1.21. The number of rotatable bonds is 8. The van der Waals surface area contributed by atoms with E-state index in [1.807, 2.05) is 18.2 Å². The summed E-state index contributed by atoms with van der Waals surface area (Å²) >= 11 is 0. The monoisotopic (exact) mass is 384 g/mol. The van der Waals surface area contributed by atoms with Gasteiger partial charge in [0.05, 0.1) is 13.4 Å². The fraction of sp³-hybridized carbons (Fsp3) is 0.455. The molecule has 28 heavy (non-hydrogen) atoms. The van der Waals surface area contributed by atoms with E-state index in [-0.39, 0.29) is 5.76 Å². The molecule has 1 amide bonds. The van der Waals surface area contributed by atoms with Crippen LogP contribution in [0.1, 0.15) is 29.0 Å². The van der Waals surface area contributed by atoms with E-state index in [4.69, 9.17) is 9.15 Å². The molecule has 0 radical (unpaired) electrons. The number of Topliss-reactive ketones (excluding diaryl/α,β-unsaturated/α-hetero) is 1. The van der Waals surface area contributed by atoms with Gasteiger partial charge in [-0.05, 0) is 55.5 Å². The minimum Gasteiger partial charge on any atom is -0.496 e. The molecule has 0 aliphatic carbocycles. The molecule has 1 atom stereocenters. The Balaban J connectivity index is 1.50. The zero-order valence-electron chi connectivity index (χ0n) is 16.6. The van der Waals surface area contributed by atoms with E-state index >= 15 is 0 Å². The largest absolute Gasteiger partial charge is 0.496 e. The van der Waals surface area contributed by atoms with Gasteiger partial charge in [0.2, 0.25) is 0 Å². The van der Waals surface area contributed by atoms with Crippen LogP contribution in [0.5, 0.6) is 5.75 Å². The molecule has 0 spiro atoms. The van der Waals surface area contributed by atoms with E-state index in [0.29, 0.717) is 12.5 Å². The second kappa shape index (κ2) is 9.55. The molecule has 2 aromatic rings. The minimum atomic E-state index is -0.587. The molecule has 1 aromatic carbocycles. The number of carbonyl (C=O) groups is 2. The normalized spacial score (nSPS) is 17.3. The van der Waals surface area contributed by atoms with Gasteiger partial charge in [-0.15, -0.1) is 0 Å². The van der Waals surface area contributed by atoms with Gasteiger partial charge in [0.1, 0.15) is 5.75 Å². The van der Waals surface area contributed by atoms with Gasteiger partial charge >= 0.3 is 0 Å². The molecule has 1 aliphatic rings. The maximum Gasteiger partial charge on any atom is 0.298 e. The predicted molar refractivity (Wildman–Crippen MR) is 107 cm³/mol. The summed E-state index contributed by atoms with van der Waals surface area (Å²) in [6.07, 6.45) is 4.51. The first-order valence-corrected chi connectivity index (χ1v) is 9.76. The first-order valence-electron chi connectivity index (χ1n) is 9.76. The van der Waals surface area contributed by atoms with Crippen LogP contribution in [0.3, 0.4) is 0 Å². The van der Waals surface area contributed by atoms with Crippen molar-refractivity contribution in [1.82, 2.24) is 9.80 Å². The van der Waals surface area contributed by atoms with Crippen molar-refractivity contribution in [3.05, 3.63) is 54.0 Å². The summed E-state index contributed by atoms with van der Waals surface area (Å²) in [5, 5.41) is 0. The number of ether oxygens (including phenoxy) is 1. The third-order valence-corrected chi connectivity index (χ3v) is 5.31. The number of likely N-dealkylation sites (tertiary alicyclic amines) is 1. The number of ketones is 1. The van der Waals surface area contributed by atoms with E-state index in [1.165, 1.54) is 22.8 Å². The lowest BCUT2D eigenvalue weighted by atomic mass is 9.97. The average Bonchev–Trinajstić information content (AvgIpc) is 3.26. The molecule has 6 heteroatoms. The quantitative estimate of drug-likeness (QED) is 0.517. The van der Waals surface area contributed by atoms with Crippen LogP contribution < -0.4 is 4.74 Å². The number of amides is 1. The van der Waals surface area contributed by atoms with Crippen molar-refractivity contribution in [3.8, 4) is 5.75 Å². The van der Waals surface area contributed by atoms with Gasteiger partial charge in [-0.2, -0.15) is 0 Å². The number of hydrogen-bond donors (Lipinski definition) is 0. The van der Waals surface area contributed by atoms with Gasteiger partial charge in [-0.25, -0.2) is 0 Å². The van der Waals surface area contributed by atoms with Crippen molar-refractivity contribution in [1.29, 1.82) is 0 Å². The minimum absolute atomic E-state index is 0.0962. The molecule has 1 aromatic heterocycles. The molecule has 150 valence electrons. The number of hydrogen-bond acceptors (Lipinski definition) is 5. The van der Waals surface area contributed by atoms with Gasteiger partial charge < -0.3 is 19.0 Å². The summed E-state index contributed by atoms with van der Waals surface area (Å²) in [4.78, 5) is 28.5. The van der Waals surface area contributed by atoms with E-state index in [9.17, 15) is 9.59 Å². The highest BCUT2D eigenvalue weighted by molar-refractivity contribution is 6.41. The van der Waals surface area contributed by atoms with Crippen LogP contribution in [-0.4, -0.2) is 61.8 Å². The molecule has 6 nitrogen and oxygen atoms in total. The van der Waals surface area contributed by atoms with E-state index < -0.39 is 11.7 Å². The summed E-state index contributed by atoms with van der Waals surface area (Å²) in [5.74, 6) is 0.291. The summed E-state index contributed by atoms with van der Waals surface area (Å²) in [6, 6.07) is 11.2. The van der Waals surface area contributed by atoms with Crippen molar-refractivity contribution in [3.63, 3.8) is 0 Å². The van der Waals surface area contributed by atoms with Crippen LogP contribution in [0.4, 0.5) is 0 Å². The fourth-order valence-electron chi connectivity index (χ4n) is 3.85. The molecule has 1 fully saturated rings. The third kappa shape index (κ3) is 5.01. The zero-order chi connectivity index (χ0) is 19.9. The van der Waals surface area contributed by atoms with Crippen LogP contribution in [0.25, 0.3) is 0 Å². The Bertz CT molecular complexity index is 788. The van der Waals surface area contributed by atoms with Crippen molar-refractivity contribution >= 4 is 11.7 Å². The van der Waals surface area contributed by atoms with Gasteiger partial charge in [-0.1, -0.05) is 18.2 Å². The summed E-state index contributed by atoms with van der Waals surface area (Å²) in [7, 11) is 3.39. The Morgan fingerprint density at radius 1 is 1.25 bits per heavy atom. The smallest absolute Gasteiger partial charge is 0.298 e. The Morgan fingerprint density at radius 2 is 2.07 bits per heavy atom. The number of methoxy groups -OCH3 is 1. The van der Waals surface area contributed by atoms with Crippen molar-refractivity contribution in [2.45, 2.75) is 19.3 Å². The van der Waals surface area contributed by atoms with Crippen LogP contribution >= 0.6 is 0 Å². The second-order valence-electron chi connectivity index (χ2n) is 7.36. The average molecular weight is 384 g/mol. The number of likely N-dealkylation sites (N-methyl/N-ethyl adjacent to an activating group) is 1. The molecular formula is C22H28N2O4. The van der Waals surface area contributed by atoms with E-state index in [1.54, 1.807) is 20.2 Å². The number of piperidine rings is 1. The predicted octanol–water partition coefficient (Wildman–Crippen LogP) is 2.88. The molecule has 0 saturated carbocycles. The van der Waals surface area contributed by atoms with Gasteiger partial charge in [-0.3, -0.25) is 9.59 Å². The number of furan rings is 1. The summed E-state index contributed by atoms with van der Waals surface area (Å²) < 4.78 is 10.5. The molecular weight excluding hydrogens is 356 g/mol. The van der Waals surface area contributed by atoms with Crippen LogP contribution in [0.15, 0.2) is 47.1 Å². The molecule has 2 heterocycles. The number of nitrogens with zero attached hydrogens (tertiary/aromatic N) is 2. The standard InChI is InChI=1S/C22H28N2O4/c1-23(22(26)21(25)20-10-6-14-28-20)15-17-7-5-12-24(16-17)13-11-18-8-3-4-9-19(18)27-2/h3-4,6,8-10,14,17H,5,7,11-13,15-16H2,1-2H3. The molecule has 1 aliphatic heterocycles. The Hall–Kier alpha value is -2.60. The second-order valence-corrected chi connectivity index (χ2v) is 7.36. The molecule has 1 unspecified atom stereocenters.